The van der Waals surface area contributed by atoms with Crippen molar-refractivity contribution in [1.82, 2.24) is 4.98 Å². The zero-order chi connectivity index (χ0) is 20.7. The van der Waals surface area contributed by atoms with Gasteiger partial charge < -0.3 is 14.2 Å². The summed E-state index contributed by atoms with van der Waals surface area (Å²) < 4.78 is 44.5. The first kappa shape index (κ1) is 19.2. The van der Waals surface area contributed by atoms with E-state index in [4.69, 9.17) is 14.2 Å². The van der Waals surface area contributed by atoms with Crippen LogP contribution in [0.2, 0.25) is 0 Å². The summed E-state index contributed by atoms with van der Waals surface area (Å²) in [7, 11) is 0. The van der Waals surface area contributed by atoms with E-state index in [0.717, 1.165) is 35.8 Å². The Balaban J connectivity index is 1.45. The first-order valence-electron chi connectivity index (χ1n) is 9.63. The van der Waals surface area contributed by atoms with Crippen molar-refractivity contribution in [3.63, 3.8) is 0 Å². The van der Waals surface area contributed by atoms with Crippen LogP contribution < -0.4 is 14.4 Å². The summed E-state index contributed by atoms with van der Waals surface area (Å²) in [5, 5.41) is 0.329. The molecule has 30 heavy (non-hydrogen) atoms. The van der Waals surface area contributed by atoms with Gasteiger partial charge in [-0.05, 0) is 36.6 Å². The number of carbonyl (C=O) groups is 1. The fraction of sp³-hybridized carbons (Fsp3) is 0.333. The highest BCUT2D eigenvalue weighted by atomic mass is 32.1. The van der Waals surface area contributed by atoms with Crippen molar-refractivity contribution in [2.24, 2.45) is 0 Å². The molecule has 156 valence electrons. The molecule has 3 heterocycles. The van der Waals surface area contributed by atoms with Crippen molar-refractivity contribution < 1.29 is 27.8 Å². The first-order valence-corrected chi connectivity index (χ1v) is 10.4. The van der Waals surface area contributed by atoms with Crippen molar-refractivity contribution in [2.45, 2.75) is 25.4 Å². The molecule has 1 amide bonds. The average molecular weight is 432 g/mol. The molecule has 1 fully saturated rings. The lowest BCUT2D eigenvalue weighted by atomic mass is 10.1. The molecular formula is C21H18F2N2O4S. The molecule has 0 bridgehead atoms. The minimum Gasteiger partial charge on any atom is -0.454 e. The third-order valence-electron chi connectivity index (χ3n) is 5.14. The number of halogens is 2. The van der Waals surface area contributed by atoms with Gasteiger partial charge in [-0.3, -0.25) is 9.69 Å². The summed E-state index contributed by atoms with van der Waals surface area (Å²) in [5.41, 5.74) is 0.824. The fourth-order valence-electron chi connectivity index (χ4n) is 3.66. The quantitative estimate of drug-likeness (QED) is 0.609. The second-order valence-electron chi connectivity index (χ2n) is 7.23. The molecule has 2 aliphatic rings. The van der Waals surface area contributed by atoms with Gasteiger partial charge in [0.2, 0.25) is 12.7 Å². The van der Waals surface area contributed by atoms with Gasteiger partial charge in [-0.25, -0.2) is 13.8 Å². The number of rotatable bonds is 5. The molecule has 0 radical (unpaired) electrons. The van der Waals surface area contributed by atoms with E-state index in [2.05, 4.69) is 4.98 Å². The van der Waals surface area contributed by atoms with E-state index in [9.17, 15) is 13.6 Å². The number of hydrogen-bond acceptors (Lipinski definition) is 6. The zero-order valence-corrected chi connectivity index (χ0v) is 16.7. The molecule has 2 aromatic carbocycles. The Kier molecular flexibility index (Phi) is 5.00. The van der Waals surface area contributed by atoms with Crippen LogP contribution in [-0.4, -0.2) is 36.9 Å². The lowest BCUT2D eigenvalue weighted by Gasteiger charge is -2.23. The average Bonchev–Trinajstić information content (AvgIpc) is 3.46. The van der Waals surface area contributed by atoms with Crippen molar-refractivity contribution in [2.75, 3.05) is 24.8 Å². The number of carbonyl (C=O) groups excluding carboxylic acids is 1. The first-order chi connectivity index (χ1) is 14.6. The van der Waals surface area contributed by atoms with E-state index in [1.807, 2.05) is 6.07 Å². The topological polar surface area (TPSA) is 60.9 Å². The summed E-state index contributed by atoms with van der Waals surface area (Å²) in [5.74, 6) is -0.376. The normalized spacial score (nSPS) is 17.6. The van der Waals surface area contributed by atoms with Crippen LogP contribution in [0.3, 0.4) is 0 Å². The molecule has 0 spiro atoms. The van der Waals surface area contributed by atoms with E-state index in [-0.39, 0.29) is 30.7 Å². The largest absolute Gasteiger partial charge is 0.454 e. The van der Waals surface area contributed by atoms with Crippen LogP contribution in [-0.2, 0) is 16.0 Å². The minimum atomic E-state index is -0.743. The van der Waals surface area contributed by atoms with Gasteiger partial charge in [-0.2, -0.15) is 0 Å². The Morgan fingerprint density at radius 3 is 2.90 bits per heavy atom. The monoisotopic (exact) mass is 432 g/mol. The van der Waals surface area contributed by atoms with Crippen LogP contribution in [0.1, 0.15) is 18.4 Å². The van der Waals surface area contributed by atoms with E-state index in [1.54, 1.807) is 12.1 Å². The van der Waals surface area contributed by atoms with E-state index >= 15 is 0 Å². The second kappa shape index (κ2) is 7.81. The molecule has 0 saturated carbocycles. The summed E-state index contributed by atoms with van der Waals surface area (Å²) in [6.07, 6.45) is 1.76. The molecule has 2 aliphatic heterocycles. The molecule has 9 heteroatoms. The Hall–Kier alpha value is -2.78. The van der Waals surface area contributed by atoms with Crippen molar-refractivity contribution in [3.8, 4) is 11.5 Å². The lowest BCUT2D eigenvalue weighted by molar-refractivity contribution is -0.118. The summed E-state index contributed by atoms with van der Waals surface area (Å²) in [6.45, 7) is 1.12. The molecule has 3 aromatic rings. The molecular weight excluding hydrogens is 414 g/mol. The van der Waals surface area contributed by atoms with Crippen LogP contribution in [0, 0.1) is 11.6 Å². The van der Waals surface area contributed by atoms with Gasteiger partial charge in [-0.1, -0.05) is 17.4 Å². The highest BCUT2D eigenvalue weighted by Gasteiger charge is 2.27. The molecule has 0 aliphatic carbocycles. The van der Waals surface area contributed by atoms with Crippen LogP contribution in [0.4, 0.5) is 13.9 Å². The number of nitrogens with zero attached hydrogens (tertiary/aromatic N) is 2. The van der Waals surface area contributed by atoms with Crippen LogP contribution in [0.25, 0.3) is 10.2 Å². The van der Waals surface area contributed by atoms with Crippen LogP contribution >= 0.6 is 11.3 Å². The highest BCUT2D eigenvalue weighted by molar-refractivity contribution is 7.22. The van der Waals surface area contributed by atoms with Crippen LogP contribution in [0.15, 0.2) is 30.3 Å². The minimum absolute atomic E-state index is 0.0598. The molecule has 0 N–H and O–H groups in total. The number of thiazole rings is 1. The predicted octanol–water partition coefficient (Wildman–Crippen LogP) is 4.06. The van der Waals surface area contributed by atoms with Gasteiger partial charge >= 0.3 is 0 Å². The predicted molar refractivity (Wildman–Crippen MR) is 107 cm³/mol. The Morgan fingerprint density at radius 1 is 1.20 bits per heavy atom. The Labute approximate surface area is 175 Å². The number of hydrogen-bond donors (Lipinski definition) is 0. The Morgan fingerprint density at radius 2 is 2.07 bits per heavy atom. The zero-order valence-electron chi connectivity index (χ0n) is 15.9. The maximum atomic E-state index is 14.2. The molecule has 5 rings (SSSR count). The highest BCUT2D eigenvalue weighted by Crippen LogP contribution is 2.34. The van der Waals surface area contributed by atoms with Gasteiger partial charge in [0.25, 0.3) is 0 Å². The smallest absolute Gasteiger partial charge is 0.233 e. The molecule has 6 nitrogen and oxygen atoms in total. The molecule has 1 atom stereocenters. The number of fused-ring (bicyclic) bond motifs is 2. The number of benzene rings is 2. The van der Waals surface area contributed by atoms with Gasteiger partial charge in [0.15, 0.2) is 22.4 Å². The van der Waals surface area contributed by atoms with E-state index < -0.39 is 11.6 Å². The van der Waals surface area contributed by atoms with E-state index in [1.165, 1.54) is 11.0 Å². The maximum Gasteiger partial charge on any atom is 0.233 e. The van der Waals surface area contributed by atoms with Crippen LogP contribution in [0.5, 0.6) is 11.5 Å². The van der Waals surface area contributed by atoms with Gasteiger partial charge in [0.05, 0.1) is 23.8 Å². The van der Waals surface area contributed by atoms with Gasteiger partial charge in [-0.15, -0.1) is 0 Å². The maximum absolute atomic E-state index is 14.2. The lowest BCUT2D eigenvalue weighted by Crippen LogP contribution is -2.38. The SMILES string of the molecule is O=C(Cc1ccc2c(c1)OCO2)N(CC1CCCO1)c1nc2c(F)cc(F)cc2s1. The number of aromatic nitrogens is 1. The second-order valence-corrected chi connectivity index (χ2v) is 8.24. The fourth-order valence-corrected chi connectivity index (χ4v) is 4.69. The summed E-state index contributed by atoms with van der Waals surface area (Å²) >= 11 is 1.09. The summed E-state index contributed by atoms with van der Waals surface area (Å²) in [4.78, 5) is 19.0. The standard InChI is InChI=1S/C21H18F2N2O4S/c22-13-8-15(23)20-18(9-13)30-21(24-20)25(10-14-2-1-5-27-14)19(26)7-12-3-4-16-17(6-12)29-11-28-16/h3-4,6,8-9,14H,1-2,5,7,10-11H2. The molecule has 1 unspecified atom stereocenters. The number of amides is 1. The van der Waals surface area contributed by atoms with Crippen molar-refractivity contribution >= 4 is 32.6 Å². The van der Waals surface area contributed by atoms with Gasteiger partial charge in [0.1, 0.15) is 11.3 Å². The number of ether oxygens (including phenoxy) is 3. The third kappa shape index (κ3) is 3.70. The Bertz CT molecular complexity index is 1110. The third-order valence-corrected chi connectivity index (χ3v) is 6.16. The number of anilines is 1. The molecule has 1 saturated heterocycles. The summed E-state index contributed by atoms with van der Waals surface area (Å²) in [6, 6.07) is 7.38. The van der Waals surface area contributed by atoms with E-state index in [0.29, 0.717) is 34.5 Å². The molecule has 1 aromatic heterocycles. The van der Waals surface area contributed by atoms with Gasteiger partial charge in [0, 0.05) is 12.7 Å². The van der Waals surface area contributed by atoms with Crippen molar-refractivity contribution in [1.29, 1.82) is 0 Å². The van der Waals surface area contributed by atoms with Crippen molar-refractivity contribution in [3.05, 3.63) is 47.5 Å².